The molecule has 1 nitrogen and oxygen atoms in total. The molecule has 0 saturated heterocycles. The molecule has 16 heavy (non-hydrogen) atoms. The molecular formula is C15H31N. The fourth-order valence-corrected chi connectivity index (χ4v) is 1.92. The molecule has 2 atom stereocenters. The normalized spacial score (nSPS) is 14.7. The molecule has 0 amide bonds. The number of hydrogen-bond acceptors (Lipinski definition) is 1. The van der Waals surface area contributed by atoms with Crippen LogP contribution in [-0.2, 0) is 0 Å². The molecular weight excluding hydrogens is 194 g/mol. The van der Waals surface area contributed by atoms with Gasteiger partial charge in [0.05, 0.1) is 0 Å². The molecule has 0 radical (unpaired) electrons. The number of allylic oxidation sites excluding steroid dienone is 1. The second-order valence-corrected chi connectivity index (χ2v) is 5.09. The SMILES string of the molecule is C=CCCCCCC(C)C(C)CNCCC. The van der Waals surface area contributed by atoms with Crippen molar-refractivity contribution in [1.82, 2.24) is 5.32 Å². The molecule has 0 aromatic carbocycles. The van der Waals surface area contributed by atoms with Gasteiger partial charge in [-0.1, -0.05) is 46.1 Å². The average Bonchev–Trinajstić information content (AvgIpc) is 2.28. The molecule has 2 unspecified atom stereocenters. The monoisotopic (exact) mass is 225 g/mol. The first-order valence-corrected chi connectivity index (χ1v) is 7.04. The minimum absolute atomic E-state index is 0.811. The second-order valence-electron chi connectivity index (χ2n) is 5.09. The van der Waals surface area contributed by atoms with Crippen molar-refractivity contribution in [1.29, 1.82) is 0 Å². The van der Waals surface area contributed by atoms with E-state index < -0.39 is 0 Å². The van der Waals surface area contributed by atoms with Crippen molar-refractivity contribution in [2.75, 3.05) is 13.1 Å². The van der Waals surface area contributed by atoms with Crippen molar-refractivity contribution in [3.8, 4) is 0 Å². The molecule has 0 aliphatic carbocycles. The maximum atomic E-state index is 3.76. The molecule has 1 N–H and O–H groups in total. The van der Waals surface area contributed by atoms with Crippen LogP contribution >= 0.6 is 0 Å². The summed E-state index contributed by atoms with van der Waals surface area (Å²) in [4.78, 5) is 0. The van der Waals surface area contributed by atoms with Crippen LogP contribution in [-0.4, -0.2) is 13.1 Å². The van der Waals surface area contributed by atoms with Crippen LogP contribution in [0.1, 0.15) is 59.3 Å². The van der Waals surface area contributed by atoms with Crippen LogP contribution in [0.15, 0.2) is 12.7 Å². The van der Waals surface area contributed by atoms with Crippen LogP contribution in [0, 0.1) is 11.8 Å². The first kappa shape index (κ1) is 15.7. The Bertz CT molecular complexity index is 154. The molecule has 0 aromatic rings. The zero-order chi connectivity index (χ0) is 12.2. The maximum Gasteiger partial charge on any atom is -0.00206 e. The van der Waals surface area contributed by atoms with Crippen molar-refractivity contribution in [2.45, 2.75) is 59.3 Å². The van der Waals surface area contributed by atoms with Gasteiger partial charge in [0.15, 0.2) is 0 Å². The van der Waals surface area contributed by atoms with E-state index in [4.69, 9.17) is 0 Å². The van der Waals surface area contributed by atoms with Crippen LogP contribution in [0.2, 0.25) is 0 Å². The lowest BCUT2D eigenvalue weighted by molar-refractivity contribution is 0.337. The predicted octanol–water partition coefficient (Wildman–Crippen LogP) is 4.39. The van der Waals surface area contributed by atoms with E-state index in [2.05, 4.69) is 32.7 Å². The summed E-state index contributed by atoms with van der Waals surface area (Å²) in [6.07, 6.45) is 9.90. The smallest absolute Gasteiger partial charge is 0.00206 e. The Morgan fingerprint density at radius 2 is 1.88 bits per heavy atom. The Balaban J connectivity index is 3.39. The summed E-state index contributed by atoms with van der Waals surface area (Å²) in [5, 5.41) is 3.51. The van der Waals surface area contributed by atoms with Gasteiger partial charge in [0.25, 0.3) is 0 Å². The molecule has 1 heteroatoms. The molecule has 0 aliphatic rings. The van der Waals surface area contributed by atoms with Gasteiger partial charge in [-0.25, -0.2) is 0 Å². The zero-order valence-corrected chi connectivity index (χ0v) is 11.6. The van der Waals surface area contributed by atoms with Gasteiger partial charge in [-0.3, -0.25) is 0 Å². The Hall–Kier alpha value is -0.300. The largest absolute Gasteiger partial charge is 0.316 e. The predicted molar refractivity (Wildman–Crippen MR) is 74.8 cm³/mol. The number of unbranched alkanes of at least 4 members (excludes halogenated alkanes) is 3. The van der Waals surface area contributed by atoms with E-state index in [9.17, 15) is 0 Å². The lowest BCUT2D eigenvalue weighted by Crippen LogP contribution is -2.25. The molecule has 96 valence electrons. The Morgan fingerprint density at radius 3 is 2.50 bits per heavy atom. The van der Waals surface area contributed by atoms with Crippen LogP contribution in [0.25, 0.3) is 0 Å². The van der Waals surface area contributed by atoms with Gasteiger partial charge >= 0.3 is 0 Å². The summed E-state index contributed by atoms with van der Waals surface area (Å²) < 4.78 is 0. The highest BCUT2D eigenvalue weighted by atomic mass is 14.8. The van der Waals surface area contributed by atoms with Crippen LogP contribution < -0.4 is 5.32 Å². The van der Waals surface area contributed by atoms with E-state index >= 15 is 0 Å². The van der Waals surface area contributed by atoms with E-state index in [0.29, 0.717) is 0 Å². The molecule has 0 fully saturated rings. The molecule has 0 spiro atoms. The van der Waals surface area contributed by atoms with E-state index in [-0.39, 0.29) is 0 Å². The molecule has 0 bridgehead atoms. The fourth-order valence-electron chi connectivity index (χ4n) is 1.92. The molecule has 0 saturated carbocycles. The minimum atomic E-state index is 0.811. The van der Waals surface area contributed by atoms with Crippen LogP contribution in [0.3, 0.4) is 0 Å². The van der Waals surface area contributed by atoms with Gasteiger partial charge in [0.2, 0.25) is 0 Å². The van der Waals surface area contributed by atoms with E-state index in [0.717, 1.165) is 18.4 Å². The number of rotatable bonds is 11. The standard InChI is InChI=1S/C15H31N/c1-5-7-8-9-10-11-14(3)15(4)13-16-12-6-2/h5,14-16H,1,6-13H2,2-4H3. The Kier molecular flexibility index (Phi) is 11.0. The van der Waals surface area contributed by atoms with E-state index in [1.165, 1.54) is 45.1 Å². The van der Waals surface area contributed by atoms with Crippen molar-refractivity contribution in [3.05, 3.63) is 12.7 Å². The van der Waals surface area contributed by atoms with Crippen molar-refractivity contribution >= 4 is 0 Å². The van der Waals surface area contributed by atoms with Crippen molar-refractivity contribution in [2.24, 2.45) is 11.8 Å². The van der Waals surface area contributed by atoms with Gasteiger partial charge < -0.3 is 5.32 Å². The molecule has 0 rings (SSSR count). The van der Waals surface area contributed by atoms with E-state index in [1.54, 1.807) is 0 Å². The maximum absolute atomic E-state index is 3.76. The third-order valence-electron chi connectivity index (χ3n) is 3.43. The van der Waals surface area contributed by atoms with Crippen molar-refractivity contribution < 1.29 is 0 Å². The van der Waals surface area contributed by atoms with E-state index in [1.807, 2.05) is 6.08 Å². The summed E-state index contributed by atoms with van der Waals surface area (Å²) in [5.74, 6) is 1.67. The van der Waals surface area contributed by atoms with Gasteiger partial charge in [-0.15, -0.1) is 6.58 Å². The van der Waals surface area contributed by atoms with Gasteiger partial charge in [-0.05, 0) is 44.2 Å². The highest BCUT2D eigenvalue weighted by Gasteiger charge is 2.10. The lowest BCUT2D eigenvalue weighted by Gasteiger charge is -2.20. The summed E-state index contributed by atoms with van der Waals surface area (Å²) >= 11 is 0. The first-order chi connectivity index (χ1) is 7.72. The molecule has 0 aromatic heterocycles. The van der Waals surface area contributed by atoms with Gasteiger partial charge in [0.1, 0.15) is 0 Å². The summed E-state index contributed by atoms with van der Waals surface area (Å²) in [6, 6.07) is 0. The number of nitrogens with one attached hydrogen (secondary N) is 1. The quantitative estimate of drug-likeness (QED) is 0.406. The van der Waals surface area contributed by atoms with Gasteiger partial charge in [-0.2, -0.15) is 0 Å². The molecule has 0 heterocycles. The zero-order valence-electron chi connectivity index (χ0n) is 11.6. The third kappa shape index (κ3) is 8.96. The topological polar surface area (TPSA) is 12.0 Å². The highest BCUT2D eigenvalue weighted by molar-refractivity contribution is 4.67. The number of hydrogen-bond donors (Lipinski definition) is 1. The van der Waals surface area contributed by atoms with Crippen LogP contribution in [0.4, 0.5) is 0 Å². The Labute approximate surface area is 103 Å². The first-order valence-electron chi connectivity index (χ1n) is 7.04. The average molecular weight is 225 g/mol. The summed E-state index contributed by atoms with van der Waals surface area (Å²) in [6.45, 7) is 13.1. The molecule has 0 aliphatic heterocycles. The summed E-state index contributed by atoms with van der Waals surface area (Å²) in [7, 11) is 0. The second kappa shape index (κ2) is 11.2. The minimum Gasteiger partial charge on any atom is -0.316 e. The third-order valence-corrected chi connectivity index (χ3v) is 3.43. The summed E-state index contributed by atoms with van der Waals surface area (Å²) in [5.41, 5.74) is 0. The lowest BCUT2D eigenvalue weighted by atomic mass is 9.90. The van der Waals surface area contributed by atoms with Crippen molar-refractivity contribution in [3.63, 3.8) is 0 Å². The van der Waals surface area contributed by atoms with Crippen LogP contribution in [0.5, 0.6) is 0 Å². The highest BCUT2D eigenvalue weighted by Crippen LogP contribution is 2.18. The van der Waals surface area contributed by atoms with Gasteiger partial charge in [0, 0.05) is 0 Å². The Morgan fingerprint density at radius 1 is 1.12 bits per heavy atom. The fraction of sp³-hybridized carbons (Fsp3) is 0.867.